The minimum Gasteiger partial charge on any atom is -0.395 e. The van der Waals surface area contributed by atoms with Crippen LogP contribution in [0.5, 0.6) is 0 Å². The summed E-state index contributed by atoms with van der Waals surface area (Å²) in [5.41, 5.74) is 1.72. The van der Waals surface area contributed by atoms with Crippen LogP contribution >= 0.6 is 17.2 Å². The van der Waals surface area contributed by atoms with Crippen LogP contribution in [0.15, 0.2) is 24.3 Å². The second kappa shape index (κ2) is 16.6. The van der Waals surface area contributed by atoms with Gasteiger partial charge in [0.1, 0.15) is 5.60 Å². The first-order chi connectivity index (χ1) is 23.0. The fourth-order valence-corrected chi connectivity index (χ4v) is 7.03. The van der Waals surface area contributed by atoms with E-state index in [2.05, 4.69) is 153 Å². The highest BCUT2D eigenvalue weighted by molar-refractivity contribution is 7.53. The molecule has 300 valence electrons. The Morgan fingerprint density at radius 2 is 0.635 bits per heavy atom. The van der Waals surface area contributed by atoms with Gasteiger partial charge in [-0.05, 0) is 77.0 Å². The average molecular weight is 771 g/mol. The quantitative estimate of drug-likeness (QED) is 0.124. The molecule has 0 aliphatic rings. The fourth-order valence-electron chi connectivity index (χ4n) is 6.51. The summed E-state index contributed by atoms with van der Waals surface area (Å²) < 4.78 is 3.60. The van der Waals surface area contributed by atoms with E-state index in [1.807, 2.05) is 0 Å². The van der Waals surface area contributed by atoms with Gasteiger partial charge in [0, 0.05) is 0 Å². The average Bonchev–Trinajstić information content (AvgIpc) is 2.93. The SMILES string of the molecule is CC(C)(C)c1cc(C(C)(C)C)c(C(O)(c2c(C(C)(C)C)cc(C(C)(C)C)cc2C(C)(C)C)C(CO)(CO)CO)c(C(C)(C)C)c1.OP(O)OP(O)O. The lowest BCUT2D eigenvalue weighted by atomic mass is 9.55. The molecule has 0 saturated heterocycles. The summed E-state index contributed by atoms with van der Waals surface area (Å²) in [5.74, 6) is 0. The Labute approximate surface area is 317 Å². The van der Waals surface area contributed by atoms with E-state index in [1.165, 1.54) is 0 Å². The van der Waals surface area contributed by atoms with E-state index in [1.54, 1.807) is 0 Å². The first kappa shape index (κ1) is 49.0. The molecule has 0 fully saturated rings. The summed E-state index contributed by atoms with van der Waals surface area (Å²) in [6, 6.07) is 8.85. The lowest BCUT2D eigenvalue weighted by Crippen LogP contribution is -2.57. The number of benzene rings is 2. The molecule has 0 saturated carbocycles. The van der Waals surface area contributed by atoms with Crippen LogP contribution in [-0.4, -0.2) is 59.8 Å². The van der Waals surface area contributed by atoms with Crippen LogP contribution < -0.4 is 0 Å². The van der Waals surface area contributed by atoms with E-state index in [9.17, 15) is 20.4 Å². The number of aliphatic hydroxyl groups is 4. The molecule has 0 spiro atoms. The van der Waals surface area contributed by atoms with Gasteiger partial charge in [0.25, 0.3) is 0 Å². The van der Waals surface area contributed by atoms with Gasteiger partial charge in [-0.1, -0.05) is 149 Å². The maximum absolute atomic E-state index is 14.1. The van der Waals surface area contributed by atoms with Gasteiger partial charge in [0.2, 0.25) is 0 Å². The molecule has 0 aromatic heterocycles. The number of hydrogen-bond donors (Lipinski definition) is 8. The Kier molecular flexibility index (Phi) is 15.6. The summed E-state index contributed by atoms with van der Waals surface area (Å²) in [6.45, 7) is 37.2. The molecule has 2 aromatic carbocycles. The van der Waals surface area contributed by atoms with Crippen molar-refractivity contribution in [2.45, 2.75) is 163 Å². The van der Waals surface area contributed by atoms with Crippen LogP contribution in [0.1, 0.15) is 169 Å². The molecule has 0 atom stereocenters. The lowest BCUT2D eigenvalue weighted by Gasteiger charge is -2.52. The molecule has 0 unspecified atom stereocenters. The zero-order valence-corrected chi connectivity index (χ0v) is 37.1. The van der Waals surface area contributed by atoms with Crippen LogP contribution in [0.2, 0.25) is 0 Å². The highest BCUT2D eigenvalue weighted by atomic mass is 31.2. The predicted molar refractivity (Wildman–Crippen MR) is 216 cm³/mol. The Balaban J connectivity index is 0.00000174. The second-order valence-electron chi connectivity index (χ2n) is 20.4. The van der Waals surface area contributed by atoms with Gasteiger partial charge in [-0.3, -0.25) is 0 Å². The molecule has 0 heterocycles. The van der Waals surface area contributed by atoms with Crippen molar-refractivity contribution in [2.24, 2.45) is 5.41 Å². The van der Waals surface area contributed by atoms with Crippen molar-refractivity contribution in [2.75, 3.05) is 19.8 Å². The van der Waals surface area contributed by atoms with Crippen molar-refractivity contribution in [3.05, 3.63) is 68.8 Å². The van der Waals surface area contributed by atoms with Crippen molar-refractivity contribution >= 4 is 17.2 Å². The minimum absolute atomic E-state index is 0.167. The van der Waals surface area contributed by atoms with E-state index in [0.717, 1.165) is 33.4 Å². The van der Waals surface area contributed by atoms with Gasteiger partial charge in [-0.2, -0.15) is 0 Å². The summed E-state index contributed by atoms with van der Waals surface area (Å²) in [6.07, 6.45) is 0. The molecule has 0 bridgehead atoms. The molecule has 52 heavy (non-hydrogen) atoms. The van der Waals surface area contributed by atoms with Crippen LogP contribution in [0, 0.1) is 5.41 Å². The van der Waals surface area contributed by atoms with Gasteiger partial charge >= 0.3 is 17.2 Å². The van der Waals surface area contributed by atoms with E-state index in [4.69, 9.17) is 19.6 Å². The summed E-state index contributed by atoms with van der Waals surface area (Å²) in [7, 11) is -5.22. The minimum atomic E-state index is -2.61. The van der Waals surface area contributed by atoms with Gasteiger partial charge in [-0.25, -0.2) is 4.31 Å². The van der Waals surface area contributed by atoms with Gasteiger partial charge in [0.15, 0.2) is 0 Å². The monoisotopic (exact) mass is 770 g/mol. The Bertz CT molecular complexity index is 1310. The molecular formula is C41H72O9P2. The Morgan fingerprint density at radius 3 is 0.750 bits per heavy atom. The van der Waals surface area contributed by atoms with E-state index in [-0.39, 0.29) is 10.8 Å². The Hall–Kier alpha value is -1.06. The maximum atomic E-state index is 14.1. The molecule has 2 aromatic rings. The van der Waals surface area contributed by atoms with Crippen molar-refractivity contribution in [3.63, 3.8) is 0 Å². The third kappa shape index (κ3) is 11.0. The molecule has 0 radical (unpaired) electrons. The fraction of sp³-hybridized carbons (Fsp3) is 0.707. The first-order valence-electron chi connectivity index (χ1n) is 18.0. The smallest absolute Gasteiger partial charge is 0.334 e. The normalized spacial score (nSPS) is 14.2. The van der Waals surface area contributed by atoms with Crippen molar-refractivity contribution in [1.29, 1.82) is 0 Å². The summed E-state index contributed by atoms with van der Waals surface area (Å²) >= 11 is 0. The van der Waals surface area contributed by atoms with Crippen LogP contribution in [0.4, 0.5) is 0 Å². The molecule has 11 heteroatoms. The van der Waals surface area contributed by atoms with Gasteiger partial charge in [0.05, 0.1) is 25.2 Å². The van der Waals surface area contributed by atoms with E-state index < -0.39 is 69.7 Å². The lowest BCUT2D eigenvalue weighted by molar-refractivity contribution is -0.138. The largest absolute Gasteiger partial charge is 0.395 e. The van der Waals surface area contributed by atoms with E-state index >= 15 is 0 Å². The number of rotatable bonds is 8. The molecule has 0 aliphatic carbocycles. The molecule has 0 amide bonds. The zero-order valence-electron chi connectivity index (χ0n) is 35.3. The molecular weight excluding hydrogens is 698 g/mol. The van der Waals surface area contributed by atoms with Crippen molar-refractivity contribution in [1.82, 2.24) is 0 Å². The van der Waals surface area contributed by atoms with Crippen LogP contribution in [0.3, 0.4) is 0 Å². The molecule has 0 aliphatic heterocycles. The van der Waals surface area contributed by atoms with Crippen LogP contribution in [-0.2, 0) is 42.4 Å². The summed E-state index contributed by atoms with van der Waals surface area (Å²) in [5, 5.41) is 48.0. The van der Waals surface area contributed by atoms with Crippen molar-refractivity contribution < 1.29 is 44.3 Å². The number of aliphatic hydroxyl groups excluding tert-OH is 3. The van der Waals surface area contributed by atoms with Gasteiger partial charge in [-0.15, -0.1) is 0 Å². The molecule has 9 nitrogen and oxygen atoms in total. The first-order valence-corrected chi connectivity index (χ1v) is 20.3. The number of hydrogen-bond acceptors (Lipinski definition) is 9. The maximum Gasteiger partial charge on any atom is 0.334 e. The standard InChI is InChI=1S/C41H68O4.H4O5P2/c1-34(2,3)26-19-28(36(7,8)9)32(29(20-26)37(10,11)12)41(45,40(23-42,24-43)25-44)33-30(38(13,14)15)21-27(35(4,5)6)22-31(33)39(16,17)18;1-6(2)5-7(3)4/h19-22,42-45H,23-25H2,1-18H3;1-4H. The second-order valence-corrected chi connectivity index (χ2v) is 22.1. The van der Waals surface area contributed by atoms with Crippen LogP contribution in [0.25, 0.3) is 0 Å². The van der Waals surface area contributed by atoms with Gasteiger partial charge < -0.3 is 40.0 Å². The zero-order chi connectivity index (χ0) is 41.4. The van der Waals surface area contributed by atoms with Crippen molar-refractivity contribution in [3.8, 4) is 0 Å². The predicted octanol–water partition coefficient (Wildman–Crippen LogP) is 8.10. The third-order valence-electron chi connectivity index (χ3n) is 9.79. The highest BCUT2D eigenvalue weighted by Gasteiger charge is 2.58. The Morgan fingerprint density at radius 1 is 0.423 bits per heavy atom. The topological polar surface area (TPSA) is 171 Å². The third-order valence-corrected chi connectivity index (χ3v) is 11.0. The highest BCUT2D eigenvalue weighted by Crippen LogP contribution is 2.56. The summed E-state index contributed by atoms with van der Waals surface area (Å²) in [4.78, 5) is 31.3. The molecule has 8 N–H and O–H groups in total. The molecule has 2 rings (SSSR count). The van der Waals surface area contributed by atoms with E-state index in [0.29, 0.717) is 11.1 Å².